The van der Waals surface area contributed by atoms with Gasteiger partial charge in [0.05, 0.1) is 11.7 Å². The van der Waals surface area contributed by atoms with Crippen LogP contribution in [0.1, 0.15) is 24.9 Å². The number of hydrogen-bond acceptors (Lipinski definition) is 2. The van der Waals surface area contributed by atoms with Crippen molar-refractivity contribution >= 4 is 16.0 Å². The Hall–Kier alpha value is -1.85. The van der Waals surface area contributed by atoms with Crippen molar-refractivity contribution in [3.63, 3.8) is 0 Å². The van der Waals surface area contributed by atoms with Gasteiger partial charge in [-0.2, -0.15) is 8.42 Å². The van der Waals surface area contributed by atoms with Crippen LogP contribution in [0, 0.1) is 0 Å². The molecule has 1 unspecified atom stereocenters. The minimum Gasteiger partial charge on any atom is -0.269 e. The molecule has 2 aromatic carbocycles. The third-order valence-electron chi connectivity index (χ3n) is 3.11. The standard InChI is InChI=1S/C15H17NO3S/c1-2-15(13-9-5-3-6-10-13)16(20(17,18)19)14-11-7-4-8-12-14/h3-12,15H,2H2,1H3,(H,17,18,19). The maximum absolute atomic E-state index is 11.8. The van der Waals surface area contributed by atoms with Crippen molar-refractivity contribution in [1.29, 1.82) is 0 Å². The van der Waals surface area contributed by atoms with Gasteiger partial charge < -0.3 is 0 Å². The molecule has 1 atom stereocenters. The van der Waals surface area contributed by atoms with Crippen LogP contribution < -0.4 is 4.31 Å². The molecule has 0 radical (unpaired) electrons. The van der Waals surface area contributed by atoms with Gasteiger partial charge in [-0.05, 0) is 24.1 Å². The summed E-state index contributed by atoms with van der Waals surface area (Å²) >= 11 is 0. The lowest BCUT2D eigenvalue weighted by Crippen LogP contribution is -2.34. The summed E-state index contributed by atoms with van der Waals surface area (Å²) in [6, 6.07) is 17.5. The summed E-state index contributed by atoms with van der Waals surface area (Å²) in [5, 5.41) is 0. The predicted octanol–water partition coefficient (Wildman–Crippen LogP) is 3.45. The van der Waals surface area contributed by atoms with E-state index in [0.717, 1.165) is 9.87 Å². The van der Waals surface area contributed by atoms with Crippen molar-refractivity contribution in [2.24, 2.45) is 0 Å². The Morgan fingerprint density at radius 1 is 1.00 bits per heavy atom. The van der Waals surface area contributed by atoms with Crippen LogP contribution in [-0.4, -0.2) is 13.0 Å². The Kier molecular flexibility index (Phi) is 4.42. The summed E-state index contributed by atoms with van der Waals surface area (Å²) < 4.78 is 34.2. The van der Waals surface area contributed by atoms with Gasteiger partial charge in [0.15, 0.2) is 0 Å². The highest BCUT2D eigenvalue weighted by Crippen LogP contribution is 2.31. The average molecular weight is 291 g/mol. The second-order valence-corrected chi connectivity index (χ2v) is 5.73. The lowest BCUT2D eigenvalue weighted by atomic mass is 10.0. The average Bonchev–Trinajstić information content (AvgIpc) is 2.45. The second-order valence-electron chi connectivity index (χ2n) is 4.44. The van der Waals surface area contributed by atoms with Crippen LogP contribution in [0.3, 0.4) is 0 Å². The first-order valence-corrected chi connectivity index (χ1v) is 7.80. The summed E-state index contributed by atoms with van der Waals surface area (Å²) in [5.74, 6) is 0. The smallest absolute Gasteiger partial charge is 0.269 e. The summed E-state index contributed by atoms with van der Waals surface area (Å²) in [4.78, 5) is 0. The molecule has 0 saturated heterocycles. The molecule has 0 bridgehead atoms. The Labute approximate surface area is 119 Å². The number of rotatable bonds is 5. The zero-order chi connectivity index (χ0) is 14.6. The van der Waals surface area contributed by atoms with Crippen LogP contribution in [0.4, 0.5) is 5.69 Å². The van der Waals surface area contributed by atoms with Crippen LogP contribution in [-0.2, 0) is 10.3 Å². The molecule has 0 aliphatic rings. The van der Waals surface area contributed by atoms with E-state index in [4.69, 9.17) is 0 Å². The fourth-order valence-corrected chi connectivity index (χ4v) is 3.24. The molecule has 0 heterocycles. The zero-order valence-corrected chi connectivity index (χ0v) is 12.0. The Bertz CT molecular complexity index is 641. The first-order valence-electron chi connectivity index (χ1n) is 6.41. The van der Waals surface area contributed by atoms with Crippen molar-refractivity contribution in [2.45, 2.75) is 19.4 Å². The largest absolute Gasteiger partial charge is 0.360 e. The van der Waals surface area contributed by atoms with Gasteiger partial charge in [0, 0.05) is 0 Å². The first kappa shape index (κ1) is 14.6. The quantitative estimate of drug-likeness (QED) is 0.858. The monoisotopic (exact) mass is 291 g/mol. The van der Waals surface area contributed by atoms with Gasteiger partial charge in [0.2, 0.25) is 0 Å². The van der Waals surface area contributed by atoms with Crippen molar-refractivity contribution in [3.8, 4) is 0 Å². The van der Waals surface area contributed by atoms with E-state index in [2.05, 4.69) is 0 Å². The SMILES string of the molecule is CCC(c1ccccc1)N(c1ccccc1)S(=O)(=O)O. The molecule has 2 rings (SSSR count). The summed E-state index contributed by atoms with van der Waals surface area (Å²) in [5.41, 5.74) is 1.29. The van der Waals surface area contributed by atoms with Crippen molar-refractivity contribution in [1.82, 2.24) is 0 Å². The molecular weight excluding hydrogens is 274 g/mol. The third kappa shape index (κ3) is 3.18. The Morgan fingerprint density at radius 2 is 1.50 bits per heavy atom. The topological polar surface area (TPSA) is 57.6 Å². The lowest BCUT2D eigenvalue weighted by molar-refractivity contribution is 0.467. The second kappa shape index (κ2) is 6.07. The molecule has 0 amide bonds. The third-order valence-corrected chi connectivity index (χ3v) is 4.08. The highest BCUT2D eigenvalue weighted by atomic mass is 32.2. The normalized spacial score (nSPS) is 12.9. The molecule has 0 aliphatic carbocycles. The maximum Gasteiger partial charge on any atom is 0.360 e. The van der Waals surface area contributed by atoms with Crippen molar-refractivity contribution in [2.75, 3.05) is 4.31 Å². The lowest BCUT2D eigenvalue weighted by Gasteiger charge is -2.30. The molecule has 20 heavy (non-hydrogen) atoms. The molecule has 5 heteroatoms. The number of benzene rings is 2. The highest BCUT2D eigenvalue weighted by Gasteiger charge is 2.28. The molecule has 0 spiro atoms. The molecule has 0 fully saturated rings. The van der Waals surface area contributed by atoms with Crippen LogP contribution in [0.5, 0.6) is 0 Å². The van der Waals surface area contributed by atoms with Crippen LogP contribution in [0.15, 0.2) is 60.7 Å². The molecule has 0 aliphatic heterocycles. The van der Waals surface area contributed by atoms with Crippen LogP contribution >= 0.6 is 0 Å². The first-order chi connectivity index (χ1) is 9.54. The van der Waals surface area contributed by atoms with E-state index >= 15 is 0 Å². The van der Waals surface area contributed by atoms with Crippen molar-refractivity contribution < 1.29 is 13.0 Å². The van der Waals surface area contributed by atoms with Crippen LogP contribution in [0.25, 0.3) is 0 Å². The van der Waals surface area contributed by atoms with E-state index in [9.17, 15) is 13.0 Å². The molecule has 2 aromatic rings. The van der Waals surface area contributed by atoms with E-state index in [-0.39, 0.29) is 0 Å². The fourth-order valence-electron chi connectivity index (χ4n) is 2.26. The number of hydrogen-bond donors (Lipinski definition) is 1. The highest BCUT2D eigenvalue weighted by molar-refractivity contribution is 7.87. The number of nitrogens with zero attached hydrogens (tertiary/aromatic N) is 1. The molecule has 1 N–H and O–H groups in total. The summed E-state index contributed by atoms with van der Waals surface area (Å²) in [6.45, 7) is 1.89. The predicted molar refractivity (Wildman–Crippen MR) is 79.9 cm³/mol. The Balaban J connectivity index is 2.51. The van der Waals surface area contributed by atoms with Gasteiger partial charge in [-0.15, -0.1) is 0 Å². The zero-order valence-electron chi connectivity index (χ0n) is 11.2. The van der Waals surface area contributed by atoms with Gasteiger partial charge in [-0.1, -0.05) is 55.5 Å². The van der Waals surface area contributed by atoms with E-state index in [0.29, 0.717) is 12.1 Å². The van der Waals surface area contributed by atoms with E-state index < -0.39 is 16.3 Å². The van der Waals surface area contributed by atoms with E-state index in [1.807, 2.05) is 37.3 Å². The minimum absolute atomic E-state index is 0.436. The molecule has 0 aromatic heterocycles. The maximum atomic E-state index is 11.8. The molecule has 0 saturated carbocycles. The fraction of sp³-hybridized carbons (Fsp3) is 0.200. The van der Waals surface area contributed by atoms with Gasteiger partial charge in [-0.25, -0.2) is 4.31 Å². The molecular formula is C15H17NO3S. The van der Waals surface area contributed by atoms with Gasteiger partial charge >= 0.3 is 10.3 Å². The van der Waals surface area contributed by atoms with Crippen LogP contribution in [0.2, 0.25) is 0 Å². The summed E-state index contributed by atoms with van der Waals surface area (Å²) in [7, 11) is -4.34. The number of para-hydroxylation sites is 1. The molecule has 4 nitrogen and oxygen atoms in total. The van der Waals surface area contributed by atoms with Gasteiger partial charge in [0.1, 0.15) is 0 Å². The Morgan fingerprint density at radius 3 is 1.95 bits per heavy atom. The minimum atomic E-state index is -4.34. The number of anilines is 1. The van der Waals surface area contributed by atoms with E-state index in [1.54, 1.807) is 30.3 Å². The van der Waals surface area contributed by atoms with Gasteiger partial charge in [-0.3, -0.25) is 4.55 Å². The summed E-state index contributed by atoms with van der Waals surface area (Å²) in [6.07, 6.45) is 0.554. The van der Waals surface area contributed by atoms with Gasteiger partial charge in [0.25, 0.3) is 0 Å². The van der Waals surface area contributed by atoms with E-state index in [1.165, 1.54) is 0 Å². The van der Waals surface area contributed by atoms with Crippen molar-refractivity contribution in [3.05, 3.63) is 66.2 Å². The molecule has 106 valence electrons.